The van der Waals surface area contributed by atoms with Crippen molar-refractivity contribution < 1.29 is 0 Å². The summed E-state index contributed by atoms with van der Waals surface area (Å²) in [4.78, 5) is 0. The molecule has 0 aromatic heterocycles. The van der Waals surface area contributed by atoms with E-state index in [4.69, 9.17) is 0 Å². The first-order valence-corrected chi connectivity index (χ1v) is 7.90. The van der Waals surface area contributed by atoms with Gasteiger partial charge < -0.3 is 0 Å². The summed E-state index contributed by atoms with van der Waals surface area (Å²) in [6.45, 7) is 4.59. The Kier molecular flexibility index (Phi) is 4.86. The van der Waals surface area contributed by atoms with Crippen LogP contribution in [0.15, 0.2) is 24.3 Å². The van der Waals surface area contributed by atoms with Crippen molar-refractivity contribution in [1.82, 2.24) is 0 Å². The maximum absolute atomic E-state index is 2.42. The van der Waals surface area contributed by atoms with Crippen LogP contribution in [0.1, 0.15) is 76.3 Å². The third-order valence-electron chi connectivity index (χ3n) is 4.64. The van der Waals surface area contributed by atoms with Crippen LogP contribution in [0.3, 0.4) is 0 Å². The molecule has 0 spiro atoms. The van der Waals surface area contributed by atoms with Crippen LogP contribution in [0.2, 0.25) is 0 Å². The molecule has 0 atom stereocenters. The number of benzene rings is 1. The van der Waals surface area contributed by atoms with Crippen molar-refractivity contribution in [3.63, 3.8) is 0 Å². The summed E-state index contributed by atoms with van der Waals surface area (Å²) in [6, 6.07) is 9.58. The van der Waals surface area contributed by atoms with Gasteiger partial charge in [-0.15, -0.1) is 0 Å². The van der Waals surface area contributed by atoms with E-state index >= 15 is 0 Å². The first-order chi connectivity index (χ1) is 8.80. The van der Waals surface area contributed by atoms with E-state index < -0.39 is 0 Å². The first kappa shape index (κ1) is 13.6. The van der Waals surface area contributed by atoms with Crippen LogP contribution in [0.4, 0.5) is 0 Å². The van der Waals surface area contributed by atoms with Gasteiger partial charge in [0.05, 0.1) is 0 Å². The molecule has 18 heavy (non-hydrogen) atoms. The highest BCUT2D eigenvalue weighted by molar-refractivity contribution is 5.30. The van der Waals surface area contributed by atoms with Gasteiger partial charge in [0, 0.05) is 0 Å². The van der Waals surface area contributed by atoms with E-state index in [0.29, 0.717) is 5.41 Å². The zero-order valence-electron chi connectivity index (χ0n) is 12.2. The molecule has 1 aromatic rings. The molecule has 100 valence electrons. The van der Waals surface area contributed by atoms with E-state index in [1.165, 1.54) is 63.4 Å². The minimum atomic E-state index is 0.512. The molecule has 0 aliphatic heterocycles. The van der Waals surface area contributed by atoms with Gasteiger partial charge in [0.1, 0.15) is 0 Å². The van der Waals surface area contributed by atoms with Crippen molar-refractivity contribution in [2.24, 2.45) is 0 Å². The maximum Gasteiger partial charge on any atom is -0.00471 e. The van der Waals surface area contributed by atoms with Gasteiger partial charge in [0.15, 0.2) is 0 Å². The van der Waals surface area contributed by atoms with Gasteiger partial charge in [-0.25, -0.2) is 0 Å². The van der Waals surface area contributed by atoms with Crippen LogP contribution in [-0.2, 0) is 11.8 Å². The summed E-state index contributed by atoms with van der Waals surface area (Å²) in [5.74, 6) is 0. The lowest BCUT2D eigenvalue weighted by molar-refractivity contribution is 0.271. The molecule has 0 radical (unpaired) electrons. The van der Waals surface area contributed by atoms with E-state index in [-0.39, 0.29) is 0 Å². The second-order valence-corrected chi connectivity index (χ2v) is 6.04. The molecule has 0 heteroatoms. The van der Waals surface area contributed by atoms with E-state index in [0.717, 1.165) is 0 Å². The van der Waals surface area contributed by atoms with Crippen LogP contribution in [0, 0.1) is 0 Å². The highest BCUT2D eigenvalue weighted by Gasteiger charge is 2.32. The molecule has 2 rings (SSSR count). The Hall–Kier alpha value is -0.780. The monoisotopic (exact) mass is 244 g/mol. The second-order valence-electron chi connectivity index (χ2n) is 6.04. The molecule has 0 unspecified atom stereocenters. The first-order valence-electron chi connectivity index (χ1n) is 7.90. The zero-order chi connectivity index (χ0) is 12.8. The molecular formula is C18H28. The smallest absolute Gasteiger partial charge is 0.00471 e. The fraction of sp³-hybridized carbons (Fsp3) is 0.667. The molecule has 1 aliphatic rings. The highest BCUT2D eigenvalue weighted by atomic mass is 14.4. The Morgan fingerprint density at radius 2 is 1.56 bits per heavy atom. The van der Waals surface area contributed by atoms with Gasteiger partial charge in [-0.2, -0.15) is 0 Å². The summed E-state index contributed by atoms with van der Waals surface area (Å²) in [5, 5.41) is 0. The van der Waals surface area contributed by atoms with Crippen LogP contribution in [-0.4, -0.2) is 0 Å². The van der Waals surface area contributed by atoms with Crippen molar-refractivity contribution in [1.29, 1.82) is 0 Å². The van der Waals surface area contributed by atoms with E-state index in [2.05, 4.69) is 38.1 Å². The summed E-state index contributed by atoms with van der Waals surface area (Å²) in [7, 11) is 0. The predicted molar refractivity (Wildman–Crippen MR) is 80.1 cm³/mol. The summed E-state index contributed by atoms with van der Waals surface area (Å²) in [5.41, 5.74) is 3.63. The minimum Gasteiger partial charge on any atom is -0.0654 e. The second kappa shape index (κ2) is 6.41. The van der Waals surface area contributed by atoms with Gasteiger partial charge in [0.25, 0.3) is 0 Å². The molecule has 0 bridgehead atoms. The topological polar surface area (TPSA) is 0 Å². The van der Waals surface area contributed by atoms with Crippen molar-refractivity contribution >= 4 is 0 Å². The van der Waals surface area contributed by atoms with Crippen molar-refractivity contribution in [3.05, 3.63) is 35.4 Å². The molecule has 0 saturated heterocycles. The van der Waals surface area contributed by atoms with Crippen molar-refractivity contribution in [3.8, 4) is 0 Å². The molecular weight excluding hydrogens is 216 g/mol. The van der Waals surface area contributed by atoms with Crippen molar-refractivity contribution in [2.75, 3.05) is 0 Å². The highest BCUT2D eigenvalue weighted by Crippen LogP contribution is 2.43. The number of hydrogen-bond donors (Lipinski definition) is 0. The Bertz CT molecular complexity index is 335. The van der Waals surface area contributed by atoms with Gasteiger partial charge in [0.2, 0.25) is 0 Å². The Labute approximate surface area is 113 Å². The quantitative estimate of drug-likeness (QED) is 0.628. The van der Waals surface area contributed by atoms with Crippen LogP contribution in [0.5, 0.6) is 0 Å². The van der Waals surface area contributed by atoms with Crippen molar-refractivity contribution in [2.45, 2.75) is 77.0 Å². The lowest BCUT2D eigenvalue weighted by atomic mass is 9.67. The van der Waals surface area contributed by atoms with E-state index in [9.17, 15) is 0 Å². The Morgan fingerprint density at radius 3 is 2.11 bits per heavy atom. The summed E-state index contributed by atoms with van der Waals surface area (Å²) in [6.07, 6.45) is 12.3. The van der Waals surface area contributed by atoms with Crippen LogP contribution in [0.25, 0.3) is 0 Å². The number of aryl methyl sites for hydroxylation is 1. The molecule has 0 amide bonds. The number of hydrogen-bond acceptors (Lipinski definition) is 0. The van der Waals surface area contributed by atoms with Gasteiger partial charge in [-0.1, -0.05) is 70.2 Å². The lowest BCUT2D eigenvalue weighted by Gasteiger charge is -2.38. The third-order valence-corrected chi connectivity index (χ3v) is 4.64. The fourth-order valence-electron chi connectivity index (χ4n) is 3.70. The molecule has 0 N–H and O–H groups in total. The molecule has 1 fully saturated rings. The zero-order valence-corrected chi connectivity index (χ0v) is 12.2. The van der Waals surface area contributed by atoms with Gasteiger partial charge >= 0.3 is 0 Å². The van der Waals surface area contributed by atoms with Gasteiger partial charge in [-0.3, -0.25) is 0 Å². The average molecular weight is 244 g/mol. The summed E-state index contributed by atoms with van der Waals surface area (Å²) >= 11 is 0. The normalized spacial score (nSPS) is 18.8. The molecule has 0 nitrogen and oxygen atoms in total. The Morgan fingerprint density at radius 1 is 0.889 bits per heavy atom. The largest absolute Gasteiger partial charge is 0.0654 e. The molecule has 1 saturated carbocycles. The van der Waals surface area contributed by atoms with E-state index in [1.54, 1.807) is 5.56 Å². The number of rotatable bonds is 5. The average Bonchev–Trinajstić information content (AvgIpc) is 2.41. The van der Waals surface area contributed by atoms with Crippen LogP contribution >= 0.6 is 0 Å². The summed E-state index contributed by atoms with van der Waals surface area (Å²) < 4.78 is 0. The standard InChI is InChI=1S/C18H28/c1-3-8-16-9-11-17(12-10-16)18(13-4-2)14-6-5-7-15-18/h9-12H,3-8,13-15H2,1-2H3. The third kappa shape index (κ3) is 2.96. The van der Waals surface area contributed by atoms with Crippen LogP contribution < -0.4 is 0 Å². The lowest BCUT2D eigenvalue weighted by Crippen LogP contribution is -2.28. The minimum absolute atomic E-state index is 0.512. The Balaban J connectivity index is 2.19. The maximum atomic E-state index is 2.42. The molecule has 1 aliphatic carbocycles. The van der Waals surface area contributed by atoms with E-state index in [1.807, 2.05) is 0 Å². The molecule has 1 aromatic carbocycles. The fourth-order valence-corrected chi connectivity index (χ4v) is 3.70. The molecule has 0 heterocycles. The SMILES string of the molecule is CCCc1ccc(C2(CCC)CCCCC2)cc1. The predicted octanol–water partition coefficient (Wildman–Crippen LogP) is 5.64. The van der Waals surface area contributed by atoms with Gasteiger partial charge in [-0.05, 0) is 42.2 Å².